The number of methoxy groups -OCH3 is 2. The van der Waals surface area contributed by atoms with E-state index in [-0.39, 0.29) is 0 Å². The van der Waals surface area contributed by atoms with Gasteiger partial charge in [0.2, 0.25) is 5.88 Å². The van der Waals surface area contributed by atoms with Crippen LogP contribution < -0.4 is 9.47 Å². The second kappa shape index (κ2) is 7.62. The summed E-state index contributed by atoms with van der Waals surface area (Å²) >= 11 is 0. The first kappa shape index (κ1) is 16.7. The zero-order chi connectivity index (χ0) is 16.9. The van der Waals surface area contributed by atoms with Gasteiger partial charge in [-0.15, -0.1) is 0 Å². The maximum Gasteiger partial charge on any atom is 0.213 e. The van der Waals surface area contributed by atoms with E-state index in [9.17, 15) is 0 Å². The van der Waals surface area contributed by atoms with E-state index in [0.29, 0.717) is 17.8 Å². The van der Waals surface area contributed by atoms with Crippen LogP contribution in [0.25, 0.3) is 0 Å². The molecular weight excluding hydrogens is 302 g/mol. The monoisotopic (exact) mass is 327 g/mol. The SMILES string of the molecule is COc1ccc(CC2CCN(C(C)c3cccc(OC)n3)C2)nc1. The van der Waals surface area contributed by atoms with Gasteiger partial charge in [0, 0.05) is 24.3 Å². The van der Waals surface area contributed by atoms with Crippen LogP contribution in [-0.2, 0) is 6.42 Å². The molecule has 0 radical (unpaired) electrons. The second-order valence-electron chi connectivity index (χ2n) is 6.32. The number of likely N-dealkylation sites (tertiary alicyclic amines) is 1. The minimum atomic E-state index is 0.300. The molecule has 2 unspecified atom stereocenters. The van der Waals surface area contributed by atoms with Crippen molar-refractivity contribution in [1.29, 1.82) is 0 Å². The molecule has 1 saturated heterocycles. The van der Waals surface area contributed by atoms with Crippen molar-refractivity contribution in [3.8, 4) is 11.6 Å². The average Bonchev–Trinajstić information content (AvgIpc) is 3.10. The Morgan fingerprint density at radius 1 is 1.21 bits per heavy atom. The first-order chi connectivity index (χ1) is 11.7. The molecule has 1 fully saturated rings. The zero-order valence-corrected chi connectivity index (χ0v) is 14.6. The number of aromatic nitrogens is 2. The number of hydrogen-bond acceptors (Lipinski definition) is 5. The molecule has 2 atom stereocenters. The number of ether oxygens (including phenoxy) is 2. The molecular formula is C19H25N3O2. The maximum atomic E-state index is 5.24. The quantitative estimate of drug-likeness (QED) is 0.816. The molecule has 0 saturated carbocycles. The molecule has 5 nitrogen and oxygen atoms in total. The predicted octanol–water partition coefficient (Wildman–Crippen LogP) is 3.12. The number of pyridine rings is 2. The van der Waals surface area contributed by atoms with Crippen LogP contribution in [0.2, 0.25) is 0 Å². The van der Waals surface area contributed by atoms with Crippen LogP contribution >= 0.6 is 0 Å². The van der Waals surface area contributed by atoms with Crippen molar-refractivity contribution in [2.75, 3.05) is 27.3 Å². The molecule has 128 valence electrons. The summed E-state index contributed by atoms with van der Waals surface area (Å²) in [5.74, 6) is 2.13. The molecule has 1 aliphatic heterocycles. The van der Waals surface area contributed by atoms with Gasteiger partial charge in [-0.1, -0.05) is 6.07 Å². The van der Waals surface area contributed by atoms with E-state index in [2.05, 4.69) is 33.9 Å². The van der Waals surface area contributed by atoms with Crippen molar-refractivity contribution >= 4 is 0 Å². The van der Waals surface area contributed by atoms with Crippen LogP contribution in [0, 0.1) is 5.92 Å². The van der Waals surface area contributed by atoms with Gasteiger partial charge in [0.1, 0.15) is 5.75 Å². The molecule has 0 amide bonds. The van der Waals surface area contributed by atoms with E-state index in [1.807, 2.05) is 18.2 Å². The van der Waals surface area contributed by atoms with Crippen molar-refractivity contribution in [2.24, 2.45) is 5.92 Å². The third-order valence-electron chi connectivity index (χ3n) is 4.78. The minimum absolute atomic E-state index is 0.300. The second-order valence-corrected chi connectivity index (χ2v) is 6.32. The lowest BCUT2D eigenvalue weighted by atomic mass is 10.0. The molecule has 3 heterocycles. The Balaban J connectivity index is 1.59. The van der Waals surface area contributed by atoms with Gasteiger partial charge in [-0.05, 0) is 50.4 Å². The van der Waals surface area contributed by atoms with Crippen LogP contribution in [0.15, 0.2) is 36.5 Å². The molecule has 2 aromatic heterocycles. The van der Waals surface area contributed by atoms with Gasteiger partial charge in [0.15, 0.2) is 0 Å². The van der Waals surface area contributed by atoms with E-state index in [1.54, 1.807) is 20.4 Å². The highest BCUT2D eigenvalue weighted by molar-refractivity contribution is 5.20. The molecule has 5 heteroatoms. The predicted molar refractivity (Wildman–Crippen MR) is 93.4 cm³/mol. The normalized spacial score (nSPS) is 19.2. The topological polar surface area (TPSA) is 47.5 Å². The van der Waals surface area contributed by atoms with Gasteiger partial charge in [0.05, 0.1) is 26.1 Å². The first-order valence-corrected chi connectivity index (χ1v) is 8.43. The van der Waals surface area contributed by atoms with E-state index in [0.717, 1.165) is 36.6 Å². The maximum absolute atomic E-state index is 5.24. The van der Waals surface area contributed by atoms with E-state index < -0.39 is 0 Å². The summed E-state index contributed by atoms with van der Waals surface area (Å²) in [7, 11) is 3.32. The molecule has 24 heavy (non-hydrogen) atoms. The molecule has 0 spiro atoms. The van der Waals surface area contributed by atoms with Crippen LogP contribution in [-0.4, -0.2) is 42.2 Å². The minimum Gasteiger partial charge on any atom is -0.495 e. The average molecular weight is 327 g/mol. The molecule has 0 aromatic carbocycles. The highest BCUT2D eigenvalue weighted by Crippen LogP contribution is 2.29. The lowest BCUT2D eigenvalue weighted by Crippen LogP contribution is -2.25. The third kappa shape index (κ3) is 3.85. The lowest BCUT2D eigenvalue weighted by molar-refractivity contribution is 0.246. The summed E-state index contributed by atoms with van der Waals surface area (Å²) < 4.78 is 10.4. The van der Waals surface area contributed by atoms with Crippen LogP contribution in [0.3, 0.4) is 0 Å². The van der Waals surface area contributed by atoms with Crippen LogP contribution in [0.4, 0.5) is 0 Å². The Labute approximate surface area is 143 Å². The first-order valence-electron chi connectivity index (χ1n) is 8.43. The standard InChI is InChI=1S/C19H25N3O2/c1-14(18-5-4-6-19(21-18)24-3)22-10-9-15(13-22)11-16-7-8-17(23-2)12-20-16/h4-8,12,14-15H,9-11,13H2,1-3H3. The number of nitrogens with zero attached hydrogens (tertiary/aromatic N) is 3. The van der Waals surface area contributed by atoms with Gasteiger partial charge >= 0.3 is 0 Å². The van der Waals surface area contributed by atoms with Gasteiger partial charge < -0.3 is 9.47 Å². The Morgan fingerprint density at radius 3 is 2.79 bits per heavy atom. The third-order valence-corrected chi connectivity index (χ3v) is 4.78. The Kier molecular flexibility index (Phi) is 5.30. The van der Waals surface area contributed by atoms with E-state index in [1.165, 1.54) is 6.42 Å². The Morgan fingerprint density at radius 2 is 2.08 bits per heavy atom. The highest BCUT2D eigenvalue weighted by Gasteiger charge is 2.27. The summed E-state index contributed by atoms with van der Waals surface area (Å²) in [5, 5.41) is 0. The molecule has 0 aliphatic carbocycles. The molecule has 2 aromatic rings. The fourth-order valence-electron chi connectivity index (χ4n) is 3.29. The van der Waals surface area contributed by atoms with Crippen LogP contribution in [0.1, 0.15) is 30.8 Å². The van der Waals surface area contributed by atoms with Gasteiger partial charge in [-0.3, -0.25) is 9.88 Å². The fourth-order valence-corrected chi connectivity index (χ4v) is 3.29. The Bertz CT molecular complexity index is 660. The lowest BCUT2D eigenvalue weighted by Gasteiger charge is -2.24. The number of rotatable bonds is 6. The smallest absolute Gasteiger partial charge is 0.213 e. The summed E-state index contributed by atoms with van der Waals surface area (Å²) in [6.45, 7) is 4.39. The summed E-state index contributed by atoms with van der Waals surface area (Å²) in [5.41, 5.74) is 2.20. The summed E-state index contributed by atoms with van der Waals surface area (Å²) in [6.07, 6.45) is 4.01. The zero-order valence-electron chi connectivity index (χ0n) is 14.6. The van der Waals surface area contributed by atoms with Crippen LogP contribution in [0.5, 0.6) is 11.6 Å². The Hall–Kier alpha value is -2.14. The van der Waals surface area contributed by atoms with Gasteiger partial charge in [0.25, 0.3) is 0 Å². The number of hydrogen-bond donors (Lipinski definition) is 0. The summed E-state index contributed by atoms with van der Waals surface area (Å²) in [6, 6.07) is 10.3. The molecule has 3 rings (SSSR count). The van der Waals surface area contributed by atoms with E-state index >= 15 is 0 Å². The van der Waals surface area contributed by atoms with Gasteiger partial charge in [-0.25, -0.2) is 4.98 Å². The van der Waals surface area contributed by atoms with E-state index in [4.69, 9.17) is 9.47 Å². The van der Waals surface area contributed by atoms with Crippen molar-refractivity contribution in [1.82, 2.24) is 14.9 Å². The van der Waals surface area contributed by atoms with Gasteiger partial charge in [-0.2, -0.15) is 0 Å². The fraction of sp³-hybridized carbons (Fsp3) is 0.474. The summed E-state index contributed by atoms with van der Waals surface area (Å²) in [4.78, 5) is 11.6. The molecule has 0 N–H and O–H groups in total. The van der Waals surface area contributed by atoms with Crippen molar-refractivity contribution in [2.45, 2.75) is 25.8 Å². The highest BCUT2D eigenvalue weighted by atomic mass is 16.5. The van der Waals surface area contributed by atoms with Crippen molar-refractivity contribution in [3.05, 3.63) is 47.9 Å². The molecule has 0 bridgehead atoms. The largest absolute Gasteiger partial charge is 0.495 e. The van der Waals surface area contributed by atoms with Crippen molar-refractivity contribution < 1.29 is 9.47 Å². The van der Waals surface area contributed by atoms with Crippen molar-refractivity contribution in [3.63, 3.8) is 0 Å². The molecule has 1 aliphatic rings.